The molecule has 0 radical (unpaired) electrons. The number of aromatic nitrogens is 3. The summed E-state index contributed by atoms with van der Waals surface area (Å²) in [5.41, 5.74) is 0.658. The minimum absolute atomic E-state index is 0.0778. The second-order valence-electron chi connectivity index (χ2n) is 5.51. The molecule has 0 aliphatic carbocycles. The molecule has 122 valence electrons. The van der Waals surface area contributed by atoms with Crippen molar-refractivity contribution < 1.29 is 14.3 Å². The van der Waals surface area contributed by atoms with Crippen LogP contribution in [0.4, 0.5) is 5.69 Å². The molecule has 2 aromatic heterocycles. The number of rotatable bonds is 4. The highest BCUT2D eigenvalue weighted by Gasteiger charge is 2.35. The SMILES string of the molecule is COc1cc(NC(=O)[C@@H]2CCCO[C@H]2c2nccn2C)ccn1. The normalized spacial score (nSPS) is 21.0. The van der Waals surface area contributed by atoms with Crippen molar-refractivity contribution in [1.82, 2.24) is 14.5 Å². The lowest BCUT2D eigenvalue weighted by molar-refractivity contribution is -0.130. The Balaban J connectivity index is 1.77. The average molecular weight is 316 g/mol. The second kappa shape index (κ2) is 6.78. The molecule has 3 rings (SSSR count). The van der Waals surface area contributed by atoms with Gasteiger partial charge in [0.25, 0.3) is 0 Å². The molecule has 7 nitrogen and oxygen atoms in total. The first-order valence-electron chi connectivity index (χ1n) is 7.59. The monoisotopic (exact) mass is 316 g/mol. The Kier molecular flexibility index (Phi) is 4.57. The smallest absolute Gasteiger partial charge is 0.230 e. The van der Waals surface area contributed by atoms with Gasteiger partial charge in [-0.25, -0.2) is 9.97 Å². The summed E-state index contributed by atoms with van der Waals surface area (Å²) in [4.78, 5) is 21.1. The maximum atomic E-state index is 12.7. The van der Waals surface area contributed by atoms with E-state index in [1.165, 1.54) is 0 Å². The van der Waals surface area contributed by atoms with Crippen LogP contribution in [-0.2, 0) is 16.6 Å². The van der Waals surface area contributed by atoms with Crippen LogP contribution in [0.2, 0.25) is 0 Å². The van der Waals surface area contributed by atoms with E-state index in [0.717, 1.165) is 18.7 Å². The lowest BCUT2D eigenvalue weighted by Crippen LogP contribution is -2.34. The van der Waals surface area contributed by atoms with Gasteiger partial charge >= 0.3 is 0 Å². The van der Waals surface area contributed by atoms with Crippen molar-refractivity contribution >= 4 is 11.6 Å². The van der Waals surface area contributed by atoms with Gasteiger partial charge in [-0.1, -0.05) is 0 Å². The molecule has 0 unspecified atom stereocenters. The summed E-state index contributed by atoms with van der Waals surface area (Å²) in [6.07, 6.45) is 6.48. The molecule has 1 N–H and O–H groups in total. The fourth-order valence-electron chi connectivity index (χ4n) is 2.79. The van der Waals surface area contributed by atoms with Gasteiger partial charge in [-0.2, -0.15) is 0 Å². The minimum atomic E-state index is -0.326. The quantitative estimate of drug-likeness (QED) is 0.932. The summed E-state index contributed by atoms with van der Waals surface area (Å²) in [6, 6.07) is 3.43. The number of carbonyl (C=O) groups is 1. The van der Waals surface area contributed by atoms with Gasteiger partial charge < -0.3 is 19.4 Å². The van der Waals surface area contributed by atoms with E-state index in [1.807, 2.05) is 17.8 Å². The Labute approximate surface area is 134 Å². The Morgan fingerprint density at radius 3 is 3.04 bits per heavy atom. The molecule has 1 aliphatic heterocycles. The van der Waals surface area contributed by atoms with Crippen LogP contribution in [0.5, 0.6) is 5.88 Å². The number of ether oxygens (including phenoxy) is 2. The third-order valence-corrected chi connectivity index (χ3v) is 3.98. The minimum Gasteiger partial charge on any atom is -0.481 e. The molecule has 1 amide bonds. The van der Waals surface area contributed by atoms with E-state index < -0.39 is 0 Å². The van der Waals surface area contributed by atoms with E-state index >= 15 is 0 Å². The van der Waals surface area contributed by atoms with E-state index in [4.69, 9.17) is 9.47 Å². The number of amides is 1. The molecule has 2 aromatic rings. The fourth-order valence-corrected chi connectivity index (χ4v) is 2.79. The predicted molar refractivity (Wildman–Crippen MR) is 84.0 cm³/mol. The molecule has 3 heterocycles. The lowest BCUT2D eigenvalue weighted by atomic mass is 9.92. The average Bonchev–Trinajstić information content (AvgIpc) is 3.01. The number of nitrogens with one attached hydrogen (secondary N) is 1. The second-order valence-corrected chi connectivity index (χ2v) is 5.51. The van der Waals surface area contributed by atoms with Crippen molar-refractivity contribution in [1.29, 1.82) is 0 Å². The van der Waals surface area contributed by atoms with Crippen LogP contribution >= 0.6 is 0 Å². The summed E-state index contributed by atoms with van der Waals surface area (Å²) in [5.74, 6) is 0.885. The molecule has 1 saturated heterocycles. The third-order valence-electron chi connectivity index (χ3n) is 3.98. The number of imidazole rings is 1. The van der Waals surface area contributed by atoms with Crippen LogP contribution in [0.25, 0.3) is 0 Å². The third kappa shape index (κ3) is 3.34. The highest BCUT2D eigenvalue weighted by Crippen LogP contribution is 2.33. The Hall–Kier alpha value is -2.41. The molecule has 0 bridgehead atoms. The van der Waals surface area contributed by atoms with Crippen LogP contribution in [0.1, 0.15) is 24.8 Å². The van der Waals surface area contributed by atoms with Gasteiger partial charge in [0.15, 0.2) is 0 Å². The van der Waals surface area contributed by atoms with Crippen molar-refractivity contribution in [3.8, 4) is 5.88 Å². The zero-order valence-electron chi connectivity index (χ0n) is 13.2. The zero-order chi connectivity index (χ0) is 16.2. The molecule has 7 heteroatoms. The topological polar surface area (TPSA) is 78.3 Å². The number of hydrogen-bond acceptors (Lipinski definition) is 5. The van der Waals surface area contributed by atoms with E-state index in [-0.39, 0.29) is 17.9 Å². The van der Waals surface area contributed by atoms with Crippen LogP contribution in [-0.4, -0.2) is 34.2 Å². The number of carbonyl (C=O) groups excluding carboxylic acids is 1. The fraction of sp³-hybridized carbons (Fsp3) is 0.438. The number of methoxy groups -OCH3 is 1. The predicted octanol–water partition coefficient (Wildman–Crippen LogP) is 1.93. The molecule has 2 atom stereocenters. The number of nitrogens with zero attached hydrogens (tertiary/aromatic N) is 3. The first-order valence-corrected chi connectivity index (χ1v) is 7.59. The summed E-state index contributed by atoms with van der Waals surface area (Å²) >= 11 is 0. The maximum Gasteiger partial charge on any atom is 0.230 e. The number of anilines is 1. The molecule has 0 aromatic carbocycles. The van der Waals surface area contributed by atoms with Crippen LogP contribution in [0, 0.1) is 5.92 Å². The van der Waals surface area contributed by atoms with Crippen molar-refractivity contribution in [2.45, 2.75) is 18.9 Å². The van der Waals surface area contributed by atoms with Crippen molar-refractivity contribution in [3.63, 3.8) is 0 Å². The standard InChI is InChI=1S/C16H20N4O3/c1-20-8-7-18-15(20)14-12(4-3-9-23-14)16(21)19-11-5-6-17-13(10-11)22-2/h5-8,10,12,14H,3-4,9H2,1-2H3,(H,17,19,21)/t12-,14-/m1/s1. The maximum absolute atomic E-state index is 12.7. The Morgan fingerprint density at radius 2 is 2.30 bits per heavy atom. The van der Waals surface area contributed by atoms with Crippen molar-refractivity contribution in [2.24, 2.45) is 13.0 Å². The first-order chi connectivity index (χ1) is 11.2. The molecule has 1 aliphatic rings. The summed E-state index contributed by atoms with van der Waals surface area (Å²) in [6.45, 7) is 0.643. The summed E-state index contributed by atoms with van der Waals surface area (Å²) < 4.78 is 12.8. The number of pyridine rings is 1. The number of hydrogen-bond donors (Lipinski definition) is 1. The molecule has 0 saturated carbocycles. The largest absolute Gasteiger partial charge is 0.481 e. The van der Waals surface area contributed by atoms with E-state index in [0.29, 0.717) is 18.2 Å². The van der Waals surface area contributed by atoms with Gasteiger partial charge in [-0.15, -0.1) is 0 Å². The zero-order valence-corrected chi connectivity index (χ0v) is 13.2. The Bertz CT molecular complexity index is 685. The molecular formula is C16H20N4O3. The highest BCUT2D eigenvalue weighted by molar-refractivity contribution is 5.93. The van der Waals surface area contributed by atoms with Crippen molar-refractivity contribution in [2.75, 3.05) is 19.0 Å². The molecule has 0 spiro atoms. The summed E-state index contributed by atoms with van der Waals surface area (Å²) in [5, 5.41) is 2.92. The van der Waals surface area contributed by atoms with Gasteiger partial charge in [0, 0.05) is 44.0 Å². The lowest BCUT2D eigenvalue weighted by Gasteiger charge is -2.30. The molecule has 1 fully saturated rings. The van der Waals surface area contributed by atoms with Crippen LogP contribution in [0.3, 0.4) is 0 Å². The number of aryl methyl sites for hydroxylation is 1. The summed E-state index contributed by atoms with van der Waals surface area (Å²) in [7, 11) is 3.45. The van der Waals surface area contributed by atoms with E-state index in [2.05, 4.69) is 15.3 Å². The highest BCUT2D eigenvalue weighted by atomic mass is 16.5. The first kappa shape index (κ1) is 15.5. The molecule has 23 heavy (non-hydrogen) atoms. The van der Waals surface area contributed by atoms with Gasteiger partial charge in [-0.3, -0.25) is 4.79 Å². The van der Waals surface area contributed by atoms with Crippen LogP contribution in [0.15, 0.2) is 30.7 Å². The van der Waals surface area contributed by atoms with Crippen molar-refractivity contribution in [3.05, 3.63) is 36.5 Å². The van der Waals surface area contributed by atoms with E-state index in [9.17, 15) is 4.79 Å². The van der Waals surface area contributed by atoms with Crippen LogP contribution < -0.4 is 10.1 Å². The van der Waals surface area contributed by atoms with Gasteiger partial charge in [0.2, 0.25) is 11.8 Å². The van der Waals surface area contributed by atoms with Gasteiger partial charge in [0.1, 0.15) is 11.9 Å². The van der Waals surface area contributed by atoms with E-state index in [1.54, 1.807) is 31.6 Å². The Morgan fingerprint density at radius 1 is 1.43 bits per heavy atom. The molecular weight excluding hydrogens is 296 g/mol. The van der Waals surface area contributed by atoms with Gasteiger partial charge in [0.05, 0.1) is 13.0 Å². The van der Waals surface area contributed by atoms with Gasteiger partial charge in [-0.05, 0) is 18.9 Å².